The second kappa shape index (κ2) is 9.35. The van der Waals surface area contributed by atoms with Crippen molar-refractivity contribution in [2.45, 2.75) is 11.1 Å². The lowest BCUT2D eigenvalue weighted by atomic mass is 10.2. The standard InChI is InChI=1S/C18H16ClF3N2O5S/c1-24(12-5-3-2-4-6-12)30(27,28)13-7-8-15(19)14(9-13)17(26)29-10-16(25)23-11-18(20,21)22/h2-9H,10-11H2,1H3,(H,23,25). The minimum Gasteiger partial charge on any atom is -0.452 e. The van der Waals surface area contributed by atoms with E-state index in [9.17, 15) is 31.2 Å². The Labute approximate surface area is 175 Å². The molecule has 0 atom stereocenters. The highest BCUT2D eigenvalue weighted by Gasteiger charge is 2.28. The molecular formula is C18H16ClF3N2O5S. The minimum absolute atomic E-state index is 0.156. The number of carbonyl (C=O) groups excluding carboxylic acids is 2. The minimum atomic E-state index is -4.61. The van der Waals surface area contributed by atoms with Gasteiger partial charge in [-0.05, 0) is 30.3 Å². The number of hydrogen-bond acceptors (Lipinski definition) is 5. The first kappa shape index (κ1) is 23.5. The summed E-state index contributed by atoms with van der Waals surface area (Å²) in [6, 6.07) is 11.5. The Hall–Kier alpha value is -2.79. The number of carbonyl (C=O) groups is 2. The number of amides is 1. The topological polar surface area (TPSA) is 92.8 Å². The monoisotopic (exact) mass is 464 g/mol. The summed E-state index contributed by atoms with van der Waals surface area (Å²) in [5, 5.41) is 1.38. The number of ether oxygens (including phenoxy) is 1. The molecule has 0 radical (unpaired) electrons. The molecule has 162 valence electrons. The van der Waals surface area contributed by atoms with Gasteiger partial charge in [-0.3, -0.25) is 9.10 Å². The molecule has 0 saturated heterocycles. The molecule has 30 heavy (non-hydrogen) atoms. The Morgan fingerprint density at radius 1 is 1.13 bits per heavy atom. The molecule has 0 spiro atoms. The summed E-state index contributed by atoms with van der Waals surface area (Å²) in [7, 11) is -2.74. The summed E-state index contributed by atoms with van der Waals surface area (Å²) >= 11 is 5.92. The lowest BCUT2D eigenvalue weighted by Crippen LogP contribution is -2.36. The predicted molar refractivity (Wildman–Crippen MR) is 103 cm³/mol. The fourth-order valence-corrected chi connectivity index (χ4v) is 3.63. The molecule has 7 nitrogen and oxygen atoms in total. The van der Waals surface area contributed by atoms with E-state index in [4.69, 9.17) is 11.6 Å². The third kappa shape index (κ3) is 6.10. The smallest absolute Gasteiger partial charge is 0.405 e. The van der Waals surface area contributed by atoms with Crippen molar-refractivity contribution >= 4 is 39.2 Å². The number of benzene rings is 2. The Morgan fingerprint density at radius 2 is 1.77 bits per heavy atom. The van der Waals surface area contributed by atoms with Crippen LogP contribution in [0.3, 0.4) is 0 Å². The zero-order chi connectivity index (χ0) is 22.5. The molecule has 0 fully saturated rings. The van der Waals surface area contributed by atoms with Crippen LogP contribution in [0.5, 0.6) is 0 Å². The molecule has 1 amide bonds. The maximum atomic E-state index is 12.8. The van der Waals surface area contributed by atoms with Crippen LogP contribution in [-0.2, 0) is 19.6 Å². The van der Waals surface area contributed by atoms with Gasteiger partial charge in [0.15, 0.2) is 6.61 Å². The van der Waals surface area contributed by atoms with Gasteiger partial charge in [0.2, 0.25) is 0 Å². The van der Waals surface area contributed by atoms with E-state index < -0.39 is 41.2 Å². The molecule has 0 aliphatic heterocycles. The first-order chi connectivity index (χ1) is 13.9. The second-order valence-corrected chi connectivity index (χ2v) is 8.29. The number of esters is 1. The molecule has 0 unspecified atom stereocenters. The number of anilines is 1. The summed E-state index contributed by atoms with van der Waals surface area (Å²) in [5.74, 6) is -2.34. The predicted octanol–water partition coefficient (Wildman–Crippen LogP) is 3.00. The quantitative estimate of drug-likeness (QED) is 0.636. The molecule has 12 heteroatoms. The average molecular weight is 465 g/mol. The van der Waals surface area contributed by atoms with Crippen molar-refractivity contribution in [3.8, 4) is 0 Å². The molecule has 1 N–H and O–H groups in total. The highest BCUT2D eigenvalue weighted by molar-refractivity contribution is 7.92. The van der Waals surface area contributed by atoms with Crippen LogP contribution in [0.15, 0.2) is 53.4 Å². The lowest BCUT2D eigenvalue weighted by Gasteiger charge is -2.20. The van der Waals surface area contributed by atoms with E-state index in [1.165, 1.54) is 18.4 Å². The zero-order valence-corrected chi connectivity index (χ0v) is 17.0. The van der Waals surface area contributed by atoms with E-state index in [0.29, 0.717) is 5.69 Å². The third-order valence-corrected chi connectivity index (χ3v) is 5.87. The largest absolute Gasteiger partial charge is 0.452 e. The van der Waals surface area contributed by atoms with Gasteiger partial charge in [0.05, 0.1) is 21.2 Å². The summed E-state index contributed by atoms with van der Waals surface area (Å²) in [6.07, 6.45) is -4.61. The van der Waals surface area contributed by atoms with Gasteiger partial charge in [-0.15, -0.1) is 0 Å². The molecule has 0 aromatic heterocycles. The van der Waals surface area contributed by atoms with Gasteiger partial charge in [0, 0.05) is 7.05 Å². The highest BCUT2D eigenvalue weighted by atomic mass is 35.5. The van der Waals surface area contributed by atoms with Crippen LogP contribution < -0.4 is 9.62 Å². The van der Waals surface area contributed by atoms with E-state index in [1.807, 2.05) is 0 Å². The maximum absolute atomic E-state index is 12.8. The van der Waals surface area contributed by atoms with Crippen LogP contribution >= 0.6 is 11.6 Å². The van der Waals surface area contributed by atoms with Gasteiger partial charge in [0.1, 0.15) is 6.54 Å². The number of sulfonamides is 1. The summed E-state index contributed by atoms with van der Waals surface area (Å²) < 4.78 is 67.5. The van der Waals surface area contributed by atoms with E-state index >= 15 is 0 Å². The number of rotatable bonds is 7. The van der Waals surface area contributed by atoms with Crippen molar-refractivity contribution in [2.24, 2.45) is 0 Å². The van der Waals surface area contributed by atoms with Crippen molar-refractivity contribution in [1.82, 2.24) is 5.32 Å². The fourth-order valence-electron chi connectivity index (χ4n) is 2.21. The van der Waals surface area contributed by atoms with E-state index in [1.54, 1.807) is 30.3 Å². The number of hydrogen-bond donors (Lipinski definition) is 1. The van der Waals surface area contributed by atoms with Crippen LogP contribution in [0.25, 0.3) is 0 Å². The molecule has 2 rings (SSSR count). The Bertz CT molecular complexity index is 1030. The summed E-state index contributed by atoms with van der Waals surface area (Å²) in [5.41, 5.74) is 0.0146. The van der Waals surface area contributed by atoms with Crippen molar-refractivity contribution in [3.63, 3.8) is 0 Å². The van der Waals surface area contributed by atoms with Gasteiger partial charge in [-0.2, -0.15) is 13.2 Å². The van der Waals surface area contributed by atoms with Crippen LogP contribution in [0.2, 0.25) is 5.02 Å². The van der Waals surface area contributed by atoms with Crippen LogP contribution in [0.4, 0.5) is 18.9 Å². The van der Waals surface area contributed by atoms with Gasteiger partial charge in [-0.25, -0.2) is 13.2 Å². The number of para-hydroxylation sites is 1. The average Bonchev–Trinajstić information content (AvgIpc) is 2.70. The number of nitrogens with zero attached hydrogens (tertiary/aromatic N) is 1. The highest BCUT2D eigenvalue weighted by Crippen LogP contribution is 2.26. The Balaban J connectivity index is 2.16. The SMILES string of the molecule is CN(c1ccccc1)S(=O)(=O)c1ccc(Cl)c(C(=O)OCC(=O)NCC(F)(F)F)c1. The van der Waals surface area contributed by atoms with Gasteiger partial charge < -0.3 is 10.1 Å². The van der Waals surface area contributed by atoms with Gasteiger partial charge in [-0.1, -0.05) is 29.8 Å². The first-order valence-electron chi connectivity index (χ1n) is 8.26. The zero-order valence-electron chi connectivity index (χ0n) is 15.4. The van der Waals surface area contributed by atoms with Crippen molar-refractivity contribution in [1.29, 1.82) is 0 Å². The van der Waals surface area contributed by atoms with E-state index in [0.717, 1.165) is 16.4 Å². The number of nitrogens with one attached hydrogen (secondary N) is 1. The van der Waals surface area contributed by atoms with Gasteiger partial charge in [0.25, 0.3) is 15.9 Å². The molecule has 0 bridgehead atoms. The molecule has 0 aliphatic rings. The van der Waals surface area contributed by atoms with Crippen molar-refractivity contribution in [3.05, 3.63) is 59.1 Å². The fraction of sp³-hybridized carbons (Fsp3) is 0.222. The third-order valence-electron chi connectivity index (χ3n) is 3.76. The Kier molecular flexibility index (Phi) is 7.32. The van der Waals surface area contributed by atoms with Gasteiger partial charge >= 0.3 is 12.1 Å². The lowest BCUT2D eigenvalue weighted by molar-refractivity contribution is -0.140. The number of alkyl halides is 3. The summed E-state index contributed by atoms with van der Waals surface area (Å²) in [4.78, 5) is 23.3. The maximum Gasteiger partial charge on any atom is 0.405 e. The van der Waals surface area contributed by atoms with Crippen LogP contribution in [0, 0.1) is 0 Å². The molecule has 2 aromatic rings. The molecule has 0 heterocycles. The van der Waals surface area contributed by atoms with Crippen LogP contribution in [-0.4, -0.2) is 46.7 Å². The molecular weight excluding hydrogens is 449 g/mol. The van der Waals surface area contributed by atoms with E-state index in [-0.39, 0.29) is 15.5 Å². The second-order valence-electron chi connectivity index (χ2n) is 5.92. The molecule has 0 saturated carbocycles. The molecule has 2 aromatic carbocycles. The Morgan fingerprint density at radius 3 is 2.37 bits per heavy atom. The van der Waals surface area contributed by atoms with E-state index in [2.05, 4.69) is 4.74 Å². The van der Waals surface area contributed by atoms with Crippen molar-refractivity contribution in [2.75, 3.05) is 24.5 Å². The number of halogens is 4. The first-order valence-corrected chi connectivity index (χ1v) is 10.1. The molecule has 0 aliphatic carbocycles. The normalized spacial score (nSPS) is 11.6. The summed E-state index contributed by atoms with van der Waals surface area (Å²) in [6.45, 7) is -2.57. The van der Waals surface area contributed by atoms with Crippen molar-refractivity contribution < 1.29 is 35.9 Å². The van der Waals surface area contributed by atoms with Crippen LogP contribution in [0.1, 0.15) is 10.4 Å².